The summed E-state index contributed by atoms with van der Waals surface area (Å²) in [5.41, 5.74) is 2.52. The van der Waals surface area contributed by atoms with E-state index in [1.807, 2.05) is 42.1 Å². The summed E-state index contributed by atoms with van der Waals surface area (Å²) in [4.78, 5) is 39.7. The van der Waals surface area contributed by atoms with E-state index in [1.165, 1.54) is 5.56 Å². The molecule has 0 aliphatic carbocycles. The first-order valence-electron chi connectivity index (χ1n) is 10.4. The van der Waals surface area contributed by atoms with Gasteiger partial charge in [0.05, 0.1) is 11.3 Å². The van der Waals surface area contributed by atoms with Gasteiger partial charge in [0.2, 0.25) is 11.9 Å². The molecule has 1 aliphatic heterocycles. The van der Waals surface area contributed by atoms with Gasteiger partial charge in [0.15, 0.2) is 0 Å². The second-order valence-electron chi connectivity index (χ2n) is 8.23. The molecule has 3 rings (SSSR count). The summed E-state index contributed by atoms with van der Waals surface area (Å²) in [5.74, 6) is 0.690. The smallest absolute Gasteiger partial charge is 0.256 e. The molecule has 0 saturated carbocycles. The summed E-state index contributed by atoms with van der Waals surface area (Å²) in [6, 6.07) is 10.2. The zero-order valence-electron chi connectivity index (χ0n) is 18.3. The molecule has 1 aliphatic rings. The molecule has 0 N–H and O–H groups in total. The van der Waals surface area contributed by atoms with E-state index in [4.69, 9.17) is 0 Å². The number of carbonyl (C=O) groups is 2. The van der Waals surface area contributed by atoms with Crippen molar-refractivity contribution in [3.8, 4) is 0 Å². The molecule has 1 unspecified atom stereocenters. The van der Waals surface area contributed by atoms with E-state index in [9.17, 15) is 9.59 Å². The van der Waals surface area contributed by atoms with E-state index in [0.717, 1.165) is 25.0 Å². The number of amides is 2. The Morgan fingerprint density at radius 1 is 1.13 bits per heavy atom. The maximum absolute atomic E-state index is 12.7. The highest BCUT2D eigenvalue weighted by molar-refractivity contribution is 5.95. The van der Waals surface area contributed by atoms with E-state index < -0.39 is 0 Å². The molecule has 1 fully saturated rings. The van der Waals surface area contributed by atoms with Crippen LogP contribution in [0, 0.1) is 0 Å². The summed E-state index contributed by atoms with van der Waals surface area (Å²) in [6.45, 7) is 1.30. The fraction of sp³-hybridized carbons (Fsp3) is 0.478. The molecule has 160 valence electrons. The average molecular weight is 410 g/mol. The van der Waals surface area contributed by atoms with Gasteiger partial charge in [-0.15, -0.1) is 0 Å². The molecule has 7 heteroatoms. The van der Waals surface area contributed by atoms with Crippen LogP contribution in [-0.4, -0.2) is 72.9 Å². The van der Waals surface area contributed by atoms with E-state index in [2.05, 4.69) is 22.1 Å². The lowest BCUT2D eigenvalue weighted by Crippen LogP contribution is -2.29. The quantitative estimate of drug-likeness (QED) is 0.703. The Balaban J connectivity index is 1.66. The molecule has 2 heterocycles. The van der Waals surface area contributed by atoms with Crippen LogP contribution in [0.5, 0.6) is 0 Å². The highest BCUT2D eigenvalue weighted by atomic mass is 16.2. The molecule has 0 radical (unpaired) electrons. The first kappa shape index (κ1) is 21.7. The van der Waals surface area contributed by atoms with Gasteiger partial charge in [0.1, 0.15) is 0 Å². The van der Waals surface area contributed by atoms with Crippen LogP contribution in [-0.2, 0) is 11.2 Å². The third kappa shape index (κ3) is 5.14. The van der Waals surface area contributed by atoms with Crippen molar-refractivity contribution in [1.82, 2.24) is 19.8 Å². The highest BCUT2D eigenvalue weighted by Crippen LogP contribution is 2.30. The topological polar surface area (TPSA) is 69.6 Å². The first-order chi connectivity index (χ1) is 14.4. The highest BCUT2D eigenvalue weighted by Gasteiger charge is 2.31. The Labute approximate surface area is 178 Å². The molecule has 2 aromatic rings. The number of aryl methyl sites for hydroxylation is 1. The number of carbonyl (C=O) groups excluding carboxylic acids is 2. The number of hydrogen-bond donors (Lipinski definition) is 0. The number of hydrogen-bond acceptors (Lipinski definition) is 5. The molecule has 2 amide bonds. The van der Waals surface area contributed by atoms with Crippen molar-refractivity contribution in [1.29, 1.82) is 0 Å². The number of nitrogens with zero attached hydrogens (tertiary/aromatic N) is 5. The van der Waals surface area contributed by atoms with Crippen LogP contribution in [0.15, 0.2) is 36.5 Å². The van der Waals surface area contributed by atoms with Crippen LogP contribution < -0.4 is 4.90 Å². The summed E-state index contributed by atoms with van der Waals surface area (Å²) in [5, 5.41) is 0. The van der Waals surface area contributed by atoms with Crippen LogP contribution in [0.1, 0.15) is 46.8 Å². The van der Waals surface area contributed by atoms with Crippen molar-refractivity contribution >= 4 is 17.8 Å². The van der Waals surface area contributed by atoms with Gasteiger partial charge in [0, 0.05) is 59.8 Å². The van der Waals surface area contributed by atoms with Gasteiger partial charge in [-0.05, 0) is 24.8 Å². The maximum Gasteiger partial charge on any atom is 0.256 e. The molecule has 1 atom stereocenters. The van der Waals surface area contributed by atoms with Gasteiger partial charge in [-0.1, -0.05) is 30.3 Å². The van der Waals surface area contributed by atoms with Gasteiger partial charge in [0.25, 0.3) is 5.91 Å². The zero-order valence-corrected chi connectivity index (χ0v) is 18.3. The lowest BCUT2D eigenvalue weighted by atomic mass is 9.99. The summed E-state index contributed by atoms with van der Waals surface area (Å²) in [7, 11) is 7.21. The van der Waals surface area contributed by atoms with Crippen LogP contribution in [0.25, 0.3) is 0 Å². The minimum atomic E-state index is -0.108. The normalized spacial score (nSPS) is 15.9. The monoisotopic (exact) mass is 409 g/mol. The molecule has 1 saturated heterocycles. The molecule has 7 nitrogen and oxygen atoms in total. The summed E-state index contributed by atoms with van der Waals surface area (Å²) in [6.07, 6.45) is 4.71. The van der Waals surface area contributed by atoms with E-state index in [1.54, 1.807) is 25.2 Å². The molecule has 0 spiro atoms. The molecule has 1 aromatic carbocycles. The Morgan fingerprint density at radius 2 is 1.87 bits per heavy atom. The van der Waals surface area contributed by atoms with Gasteiger partial charge < -0.3 is 14.7 Å². The number of benzene rings is 1. The van der Waals surface area contributed by atoms with Crippen molar-refractivity contribution in [2.45, 2.75) is 31.6 Å². The number of likely N-dealkylation sites (tertiary alicyclic amines) is 1. The van der Waals surface area contributed by atoms with Crippen LogP contribution in [0.2, 0.25) is 0 Å². The SMILES string of the molecule is CN(C)C(=O)c1cnc(N(C)C)nc1C1CCN(C(=O)CCCc2ccccc2)C1. The second kappa shape index (κ2) is 9.69. The number of rotatable bonds is 7. The predicted octanol–water partition coefficient (Wildman–Crippen LogP) is 2.58. The van der Waals surface area contributed by atoms with Crippen molar-refractivity contribution in [3.05, 3.63) is 53.3 Å². The Bertz CT molecular complexity index is 882. The van der Waals surface area contributed by atoms with Gasteiger partial charge in [-0.25, -0.2) is 9.97 Å². The Hall–Kier alpha value is -2.96. The van der Waals surface area contributed by atoms with Gasteiger partial charge >= 0.3 is 0 Å². The number of aromatic nitrogens is 2. The summed E-state index contributed by atoms with van der Waals surface area (Å²) < 4.78 is 0. The van der Waals surface area contributed by atoms with Crippen molar-refractivity contribution < 1.29 is 9.59 Å². The van der Waals surface area contributed by atoms with Crippen LogP contribution in [0.3, 0.4) is 0 Å². The van der Waals surface area contributed by atoms with Gasteiger partial charge in [-0.3, -0.25) is 9.59 Å². The minimum Gasteiger partial charge on any atom is -0.347 e. The lowest BCUT2D eigenvalue weighted by molar-refractivity contribution is -0.130. The Kier molecular flexibility index (Phi) is 7.03. The van der Waals surface area contributed by atoms with Crippen molar-refractivity contribution in [2.75, 3.05) is 46.2 Å². The third-order valence-electron chi connectivity index (χ3n) is 5.47. The molecule has 0 bridgehead atoms. The second-order valence-corrected chi connectivity index (χ2v) is 8.23. The van der Waals surface area contributed by atoms with Crippen LogP contribution >= 0.6 is 0 Å². The molecular weight excluding hydrogens is 378 g/mol. The van der Waals surface area contributed by atoms with Gasteiger partial charge in [-0.2, -0.15) is 0 Å². The summed E-state index contributed by atoms with van der Waals surface area (Å²) >= 11 is 0. The Morgan fingerprint density at radius 3 is 2.53 bits per heavy atom. The molecule has 1 aromatic heterocycles. The zero-order chi connectivity index (χ0) is 21.7. The van der Waals surface area contributed by atoms with E-state index >= 15 is 0 Å². The lowest BCUT2D eigenvalue weighted by Gasteiger charge is -2.20. The number of anilines is 1. The van der Waals surface area contributed by atoms with E-state index in [0.29, 0.717) is 31.0 Å². The van der Waals surface area contributed by atoms with Crippen LogP contribution in [0.4, 0.5) is 5.95 Å². The largest absolute Gasteiger partial charge is 0.347 e. The fourth-order valence-corrected chi connectivity index (χ4v) is 3.77. The third-order valence-corrected chi connectivity index (χ3v) is 5.47. The fourth-order valence-electron chi connectivity index (χ4n) is 3.77. The molecule has 30 heavy (non-hydrogen) atoms. The average Bonchev–Trinajstić information content (AvgIpc) is 3.23. The maximum atomic E-state index is 12.7. The minimum absolute atomic E-state index is 0.0451. The standard InChI is InChI=1S/C23H31N5O2/c1-26(2)22(30)19-15-24-23(27(3)4)25-21(19)18-13-14-28(16-18)20(29)12-8-11-17-9-6-5-7-10-17/h5-7,9-10,15,18H,8,11-14,16H2,1-4H3. The molecular formula is C23H31N5O2. The first-order valence-corrected chi connectivity index (χ1v) is 10.4. The van der Waals surface area contributed by atoms with E-state index in [-0.39, 0.29) is 17.7 Å². The van der Waals surface area contributed by atoms with Crippen molar-refractivity contribution in [2.24, 2.45) is 0 Å². The predicted molar refractivity (Wildman–Crippen MR) is 118 cm³/mol. The van der Waals surface area contributed by atoms with Crippen molar-refractivity contribution in [3.63, 3.8) is 0 Å².